The van der Waals surface area contributed by atoms with Crippen LogP contribution in [0.2, 0.25) is 0 Å². The van der Waals surface area contributed by atoms with Gasteiger partial charge in [-0.15, -0.1) is 0 Å². The zero-order chi connectivity index (χ0) is 25.0. The van der Waals surface area contributed by atoms with Crippen LogP contribution in [-0.2, 0) is 9.47 Å². The summed E-state index contributed by atoms with van der Waals surface area (Å²) in [6, 6.07) is 0.593. The van der Waals surface area contributed by atoms with E-state index in [2.05, 4.69) is 9.47 Å². The molecular formula is C21H18F6O6. The zero-order valence-electron chi connectivity index (χ0n) is 17.7. The zero-order valence-corrected chi connectivity index (χ0v) is 17.7. The van der Waals surface area contributed by atoms with Crippen molar-refractivity contribution in [3.05, 3.63) is 58.2 Å². The minimum atomic E-state index is -1.62. The molecule has 0 aliphatic rings. The van der Waals surface area contributed by atoms with Crippen molar-refractivity contribution in [1.82, 2.24) is 0 Å². The lowest BCUT2D eigenvalue weighted by Gasteiger charge is -2.19. The number of hydrogen-bond acceptors (Lipinski definition) is 6. The fraction of sp³-hybridized carbons (Fsp3) is 0.333. The third-order valence-corrected chi connectivity index (χ3v) is 4.36. The first-order valence-electron chi connectivity index (χ1n) is 9.27. The molecule has 6 nitrogen and oxygen atoms in total. The number of rotatable bonds is 8. The molecule has 2 aromatic carbocycles. The van der Waals surface area contributed by atoms with Gasteiger partial charge in [-0.2, -0.15) is 8.78 Å². The van der Waals surface area contributed by atoms with Crippen LogP contribution in [0.1, 0.15) is 41.0 Å². The lowest BCUT2D eigenvalue weighted by Crippen LogP contribution is -2.25. The van der Waals surface area contributed by atoms with Crippen LogP contribution < -0.4 is 9.47 Å². The van der Waals surface area contributed by atoms with E-state index in [1.165, 1.54) is 13.8 Å². The van der Waals surface area contributed by atoms with Crippen LogP contribution in [-0.4, -0.2) is 38.4 Å². The Morgan fingerprint density at radius 1 is 0.697 bits per heavy atom. The van der Waals surface area contributed by atoms with Crippen LogP contribution in [0.15, 0.2) is 12.1 Å². The molecule has 0 amide bonds. The Labute approximate surface area is 184 Å². The smallest absolute Gasteiger partial charge is 0.341 e. The molecule has 180 valence electrons. The molecule has 0 N–H and O–H groups in total. The van der Waals surface area contributed by atoms with E-state index in [0.29, 0.717) is 12.1 Å². The molecule has 0 radical (unpaired) electrons. The fourth-order valence-electron chi connectivity index (χ4n) is 2.87. The summed E-state index contributed by atoms with van der Waals surface area (Å²) in [5.74, 6) is -14.2. The van der Waals surface area contributed by atoms with Crippen molar-refractivity contribution in [3.63, 3.8) is 0 Å². The number of ether oxygens (including phenoxy) is 4. The molecule has 0 aliphatic heterocycles. The monoisotopic (exact) mass is 480 g/mol. The Hall–Kier alpha value is -3.44. The molecule has 0 heterocycles. The summed E-state index contributed by atoms with van der Waals surface area (Å²) < 4.78 is 101. The van der Waals surface area contributed by atoms with Gasteiger partial charge in [0.2, 0.25) is 11.6 Å². The minimum Gasteiger partial charge on any atom is -0.491 e. The number of hydrogen-bond donors (Lipinski definition) is 0. The van der Waals surface area contributed by atoms with Gasteiger partial charge in [0, 0.05) is 6.42 Å². The number of esters is 2. The molecule has 2 atom stereocenters. The first-order chi connectivity index (χ1) is 15.4. The average Bonchev–Trinajstić information content (AvgIpc) is 2.73. The summed E-state index contributed by atoms with van der Waals surface area (Å²) in [6.07, 6.45) is -2.31. The van der Waals surface area contributed by atoms with Crippen molar-refractivity contribution in [2.45, 2.75) is 32.5 Å². The lowest BCUT2D eigenvalue weighted by molar-refractivity contribution is 0.00701. The summed E-state index contributed by atoms with van der Waals surface area (Å²) in [7, 11) is 1.75. The van der Waals surface area contributed by atoms with E-state index >= 15 is 0 Å². The van der Waals surface area contributed by atoms with E-state index in [9.17, 15) is 35.9 Å². The van der Waals surface area contributed by atoms with E-state index in [1.807, 2.05) is 0 Å². The highest BCUT2D eigenvalue weighted by Crippen LogP contribution is 2.29. The first-order valence-corrected chi connectivity index (χ1v) is 9.27. The number of benzene rings is 2. The molecule has 0 aliphatic carbocycles. The molecule has 0 fully saturated rings. The summed E-state index contributed by atoms with van der Waals surface area (Å²) >= 11 is 0. The number of carbonyl (C=O) groups is 2. The maximum Gasteiger partial charge on any atom is 0.341 e. The molecule has 0 aromatic heterocycles. The van der Waals surface area contributed by atoms with Crippen LogP contribution >= 0.6 is 0 Å². The van der Waals surface area contributed by atoms with Crippen LogP contribution in [0, 0.1) is 34.9 Å². The minimum absolute atomic E-state index is 0.206. The molecule has 2 rings (SSSR count). The summed E-state index contributed by atoms with van der Waals surface area (Å²) in [6.45, 7) is 2.64. The van der Waals surface area contributed by atoms with Gasteiger partial charge in [-0.05, 0) is 26.0 Å². The first kappa shape index (κ1) is 25.8. The lowest BCUT2D eigenvalue weighted by atomic mass is 10.1. The maximum atomic E-state index is 14.2. The van der Waals surface area contributed by atoms with Gasteiger partial charge in [-0.3, -0.25) is 0 Å². The SMILES string of the molecule is COc1c(F)c(F)cc(C(=O)OC(C)CC(C)OC(=O)c2cc(F)c(F)c(OC)c2F)c1F. The standard InChI is InChI=1S/C21H18F6O6/c1-8(32-20(28)10-6-12(22)16(26)18(30-3)14(10)24)5-9(2)33-21(29)11-7-13(23)17(27)19(31-4)15(11)25/h6-9H,5H2,1-4H3. The van der Waals surface area contributed by atoms with Crippen LogP contribution in [0.5, 0.6) is 11.5 Å². The highest BCUT2D eigenvalue weighted by Gasteiger charge is 2.28. The second kappa shape index (κ2) is 10.5. The van der Waals surface area contributed by atoms with E-state index in [1.54, 1.807) is 0 Å². The number of halogens is 6. The molecular weight excluding hydrogens is 462 g/mol. The van der Waals surface area contributed by atoms with E-state index in [4.69, 9.17) is 9.47 Å². The van der Waals surface area contributed by atoms with Crippen molar-refractivity contribution in [2.24, 2.45) is 0 Å². The predicted octanol–water partition coefficient (Wildman–Crippen LogP) is 4.72. The molecule has 2 unspecified atom stereocenters. The van der Waals surface area contributed by atoms with E-state index in [0.717, 1.165) is 14.2 Å². The van der Waals surface area contributed by atoms with Gasteiger partial charge in [0.15, 0.2) is 34.8 Å². The van der Waals surface area contributed by atoms with Crippen LogP contribution in [0.4, 0.5) is 26.3 Å². The van der Waals surface area contributed by atoms with Crippen molar-refractivity contribution in [1.29, 1.82) is 0 Å². The quantitative estimate of drug-likeness (QED) is 0.310. The van der Waals surface area contributed by atoms with E-state index < -0.39 is 81.7 Å². The van der Waals surface area contributed by atoms with Gasteiger partial charge in [0.1, 0.15) is 23.3 Å². The summed E-state index contributed by atoms with van der Waals surface area (Å²) in [5, 5.41) is 0. The van der Waals surface area contributed by atoms with Gasteiger partial charge in [0.05, 0.1) is 14.2 Å². The second-order valence-electron chi connectivity index (χ2n) is 6.80. The Kier molecular flexibility index (Phi) is 8.18. The van der Waals surface area contributed by atoms with E-state index in [-0.39, 0.29) is 6.42 Å². The highest BCUT2D eigenvalue weighted by molar-refractivity contribution is 5.91. The Morgan fingerprint density at radius 2 is 1.03 bits per heavy atom. The second-order valence-corrected chi connectivity index (χ2v) is 6.80. The topological polar surface area (TPSA) is 71.1 Å². The molecule has 12 heteroatoms. The largest absolute Gasteiger partial charge is 0.491 e. The number of methoxy groups -OCH3 is 2. The fourth-order valence-corrected chi connectivity index (χ4v) is 2.87. The van der Waals surface area contributed by atoms with Gasteiger partial charge in [-0.25, -0.2) is 27.2 Å². The van der Waals surface area contributed by atoms with Gasteiger partial charge in [-0.1, -0.05) is 0 Å². The molecule has 33 heavy (non-hydrogen) atoms. The Balaban J connectivity index is 2.08. The molecule has 0 spiro atoms. The third-order valence-electron chi connectivity index (χ3n) is 4.36. The predicted molar refractivity (Wildman–Crippen MR) is 100 cm³/mol. The van der Waals surface area contributed by atoms with Crippen LogP contribution in [0.25, 0.3) is 0 Å². The highest BCUT2D eigenvalue weighted by atomic mass is 19.2. The van der Waals surface area contributed by atoms with Crippen molar-refractivity contribution in [2.75, 3.05) is 14.2 Å². The maximum absolute atomic E-state index is 14.2. The van der Waals surface area contributed by atoms with Crippen molar-refractivity contribution < 1.29 is 54.9 Å². The van der Waals surface area contributed by atoms with Gasteiger partial charge < -0.3 is 18.9 Å². The number of carbonyl (C=O) groups excluding carboxylic acids is 2. The van der Waals surface area contributed by atoms with Gasteiger partial charge >= 0.3 is 11.9 Å². The molecule has 0 bridgehead atoms. The Bertz CT molecular complexity index is 991. The molecule has 0 saturated heterocycles. The third kappa shape index (κ3) is 5.49. The normalized spacial score (nSPS) is 12.7. The molecule has 2 aromatic rings. The summed E-state index contributed by atoms with van der Waals surface area (Å²) in [4.78, 5) is 24.3. The van der Waals surface area contributed by atoms with Crippen LogP contribution in [0.3, 0.4) is 0 Å². The van der Waals surface area contributed by atoms with Gasteiger partial charge in [0.25, 0.3) is 0 Å². The average molecular weight is 480 g/mol. The summed E-state index contributed by atoms with van der Waals surface area (Å²) in [5.41, 5.74) is -1.86. The Morgan fingerprint density at radius 3 is 1.33 bits per heavy atom. The van der Waals surface area contributed by atoms with Crippen molar-refractivity contribution in [3.8, 4) is 11.5 Å². The molecule has 0 saturated carbocycles. The van der Waals surface area contributed by atoms with Crippen molar-refractivity contribution >= 4 is 11.9 Å².